The molecular formula is C11H22N2O2S. The van der Waals surface area contributed by atoms with Crippen molar-refractivity contribution in [1.29, 1.82) is 0 Å². The first-order chi connectivity index (χ1) is 7.41. The van der Waals surface area contributed by atoms with Gasteiger partial charge in [0.15, 0.2) is 0 Å². The quantitative estimate of drug-likeness (QED) is 0.700. The van der Waals surface area contributed by atoms with Gasteiger partial charge in [0.2, 0.25) is 10.0 Å². The first-order valence-electron chi connectivity index (χ1n) is 6.13. The third-order valence-corrected chi connectivity index (χ3v) is 5.38. The molecule has 0 saturated heterocycles. The standard InChI is InChI=1S/C11H22N2O2S/c1-9(7-12-10-3-4-10)16(14,15)13-8-11(2)5-6-11/h9-10,12-13H,3-8H2,1-2H3. The van der Waals surface area contributed by atoms with Gasteiger partial charge < -0.3 is 5.32 Å². The molecule has 2 saturated carbocycles. The first-order valence-corrected chi connectivity index (χ1v) is 7.68. The summed E-state index contributed by atoms with van der Waals surface area (Å²) in [5.74, 6) is 0. The maximum atomic E-state index is 11.9. The monoisotopic (exact) mass is 246 g/mol. The minimum Gasteiger partial charge on any atom is -0.313 e. The van der Waals surface area contributed by atoms with Crippen molar-refractivity contribution in [2.45, 2.75) is 50.8 Å². The largest absolute Gasteiger partial charge is 0.313 e. The molecule has 2 rings (SSSR count). The van der Waals surface area contributed by atoms with Gasteiger partial charge in [-0.25, -0.2) is 13.1 Å². The minimum absolute atomic E-state index is 0.233. The second kappa shape index (κ2) is 4.27. The van der Waals surface area contributed by atoms with Crippen LogP contribution in [0.5, 0.6) is 0 Å². The molecule has 2 N–H and O–H groups in total. The summed E-state index contributed by atoms with van der Waals surface area (Å²) >= 11 is 0. The molecule has 0 bridgehead atoms. The van der Waals surface area contributed by atoms with E-state index in [0.717, 1.165) is 12.8 Å². The molecular weight excluding hydrogens is 224 g/mol. The van der Waals surface area contributed by atoms with E-state index in [0.29, 0.717) is 19.1 Å². The van der Waals surface area contributed by atoms with Gasteiger partial charge in [-0.1, -0.05) is 6.92 Å². The number of hydrogen-bond acceptors (Lipinski definition) is 3. The van der Waals surface area contributed by atoms with Crippen LogP contribution in [-0.2, 0) is 10.0 Å². The first kappa shape index (κ1) is 12.3. The van der Waals surface area contributed by atoms with Gasteiger partial charge in [-0.3, -0.25) is 0 Å². The van der Waals surface area contributed by atoms with E-state index in [1.807, 2.05) is 0 Å². The molecule has 0 aromatic heterocycles. The van der Waals surface area contributed by atoms with Gasteiger partial charge in [0.25, 0.3) is 0 Å². The summed E-state index contributed by atoms with van der Waals surface area (Å²) in [5, 5.41) is 2.92. The van der Waals surface area contributed by atoms with Crippen LogP contribution in [-0.4, -0.2) is 32.8 Å². The van der Waals surface area contributed by atoms with Gasteiger partial charge in [-0.15, -0.1) is 0 Å². The SMILES string of the molecule is CC(CNC1CC1)S(=O)(=O)NCC1(C)CC1. The van der Waals surface area contributed by atoms with Crippen LogP contribution in [0.4, 0.5) is 0 Å². The second-order valence-electron chi connectivity index (χ2n) is 5.67. The van der Waals surface area contributed by atoms with Crippen LogP contribution in [0.15, 0.2) is 0 Å². The highest BCUT2D eigenvalue weighted by Crippen LogP contribution is 2.44. The summed E-state index contributed by atoms with van der Waals surface area (Å²) in [6.45, 7) is 5.06. The van der Waals surface area contributed by atoms with Crippen molar-refractivity contribution in [3.63, 3.8) is 0 Å². The molecule has 0 aliphatic heterocycles. The van der Waals surface area contributed by atoms with Crippen LogP contribution in [0.1, 0.15) is 39.5 Å². The molecule has 0 aromatic carbocycles. The predicted molar refractivity (Wildman–Crippen MR) is 64.8 cm³/mol. The summed E-state index contributed by atoms with van der Waals surface area (Å²) < 4.78 is 26.5. The van der Waals surface area contributed by atoms with E-state index in [1.165, 1.54) is 12.8 Å². The van der Waals surface area contributed by atoms with Gasteiger partial charge >= 0.3 is 0 Å². The molecule has 1 unspecified atom stereocenters. The lowest BCUT2D eigenvalue weighted by Crippen LogP contribution is -2.41. The number of nitrogens with one attached hydrogen (secondary N) is 2. The highest BCUT2D eigenvalue weighted by atomic mass is 32.2. The maximum absolute atomic E-state index is 11.9. The summed E-state index contributed by atoms with van der Waals surface area (Å²) in [7, 11) is -3.13. The molecule has 4 nitrogen and oxygen atoms in total. The van der Waals surface area contributed by atoms with E-state index in [4.69, 9.17) is 0 Å². The number of sulfonamides is 1. The zero-order valence-corrected chi connectivity index (χ0v) is 10.9. The maximum Gasteiger partial charge on any atom is 0.215 e. The second-order valence-corrected chi connectivity index (χ2v) is 7.85. The molecule has 2 fully saturated rings. The van der Waals surface area contributed by atoms with Crippen LogP contribution in [0.25, 0.3) is 0 Å². The molecule has 0 heterocycles. The smallest absolute Gasteiger partial charge is 0.215 e. The van der Waals surface area contributed by atoms with Crippen molar-refractivity contribution in [2.75, 3.05) is 13.1 Å². The summed E-state index contributed by atoms with van der Waals surface area (Å²) in [4.78, 5) is 0. The Morgan fingerprint density at radius 2 is 2.00 bits per heavy atom. The fourth-order valence-electron chi connectivity index (χ4n) is 1.54. The Bertz CT molecular complexity index is 345. The van der Waals surface area contributed by atoms with E-state index in [1.54, 1.807) is 6.92 Å². The zero-order chi connectivity index (χ0) is 11.8. The van der Waals surface area contributed by atoms with Gasteiger partial charge in [0.05, 0.1) is 5.25 Å². The van der Waals surface area contributed by atoms with E-state index in [2.05, 4.69) is 17.0 Å². The molecule has 94 valence electrons. The van der Waals surface area contributed by atoms with Crippen LogP contribution in [0.3, 0.4) is 0 Å². The van der Waals surface area contributed by atoms with Gasteiger partial charge in [-0.2, -0.15) is 0 Å². The lowest BCUT2D eigenvalue weighted by molar-refractivity contribution is 0.519. The lowest BCUT2D eigenvalue weighted by Gasteiger charge is -2.16. The highest BCUT2D eigenvalue weighted by molar-refractivity contribution is 7.90. The Kier molecular flexibility index (Phi) is 3.29. The molecule has 1 atom stereocenters. The Morgan fingerprint density at radius 1 is 1.38 bits per heavy atom. The zero-order valence-electron chi connectivity index (χ0n) is 10.1. The number of rotatable bonds is 7. The average Bonchev–Trinajstić information content (AvgIpc) is 3.09. The number of hydrogen-bond donors (Lipinski definition) is 2. The van der Waals surface area contributed by atoms with Gasteiger partial charge in [0, 0.05) is 19.1 Å². The Balaban J connectivity index is 1.75. The molecule has 0 radical (unpaired) electrons. The molecule has 0 amide bonds. The van der Waals surface area contributed by atoms with Crippen LogP contribution in [0, 0.1) is 5.41 Å². The van der Waals surface area contributed by atoms with Gasteiger partial charge in [-0.05, 0) is 38.0 Å². The van der Waals surface area contributed by atoms with Crippen molar-refractivity contribution in [3.05, 3.63) is 0 Å². The average molecular weight is 246 g/mol. The fraction of sp³-hybridized carbons (Fsp3) is 1.00. The molecule has 16 heavy (non-hydrogen) atoms. The Morgan fingerprint density at radius 3 is 2.50 bits per heavy atom. The molecule has 0 spiro atoms. The summed E-state index contributed by atoms with van der Waals surface area (Å²) in [6, 6.07) is 0.568. The fourth-order valence-corrected chi connectivity index (χ4v) is 2.69. The van der Waals surface area contributed by atoms with E-state index < -0.39 is 10.0 Å². The van der Waals surface area contributed by atoms with Gasteiger partial charge in [0.1, 0.15) is 0 Å². The van der Waals surface area contributed by atoms with Crippen molar-refractivity contribution < 1.29 is 8.42 Å². The lowest BCUT2D eigenvalue weighted by atomic mass is 10.2. The molecule has 2 aliphatic rings. The normalized spacial score (nSPS) is 25.4. The van der Waals surface area contributed by atoms with Crippen LogP contribution >= 0.6 is 0 Å². The summed E-state index contributed by atoms with van der Waals surface area (Å²) in [5.41, 5.74) is 0.233. The molecule has 0 aromatic rings. The van der Waals surface area contributed by atoms with E-state index in [-0.39, 0.29) is 10.7 Å². The van der Waals surface area contributed by atoms with Crippen molar-refractivity contribution in [2.24, 2.45) is 5.41 Å². The molecule has 5 heteroatoms. The summed E-state index contributed by atoms with van der Waals surface area (Å²) in [6.07, 6.45) is 4.67. The molecule has 2 aliphatic carbocycles. The van der Waals surface area contributed by atoms with Crippen molar-refractivity contribution in [1.82, 2.24) is 10.0 Å². The third-order valence-electron chi connectivity index (χ3n) is 3.60. The van der Waals surface area contributed by atoms with E-state index in [9.17, 15) is 8.42 Å². The topological polar surface area (TPSA) is 58.2 Å². The van der Waals surface area contributed by atoms with Crippen LogP contribution in [0.2, 0.25) is 0 Å². The Hall–Kier alpha value is -0.130. The third kappa shape index (κ3) is 3.43. The van der Waals surface area contributed by atoms with E-state index >= 15 is 0 Å². The predicted octanol–water partition coefficient (Wildman–Crippen LogP) is 0.846. The minimum atomic E-state index is -3.13. The van der Waals surface area contributed by atoms with Crippen molar-refractivity contribution >= 4 is 10.0 Å². The Labute approximate surface area is 98.2 Å². The highest BCUT2D eigenvalue weighted by Gasteiger charge is 2.38. The van der Waals surface area contributed by atoms with Crippen molar-refractivity contribution in [3.8, 4) is 0 Å². The van der Waals surface area contributed by atoms with Crippen LogP contribution < -0.4 is 10.0 Å².